The van der Waals surface area contributed by atoms with Gasteiger partial charge in [0.05, 0.1) is 28.6 Å². The third-order valence-electron chi connectivity index (χ3n) is 7.33. The molecule has 2 bridgehead atoms. The van der Waals surface area contributed by atoms with Crippen LogP contribution in [0.15, 0.2) is 54.6 Å². The molecule has 3 fully saturated rings. The van der Waals surface area contributed by atoms with Gasteiger partial charge in [-0.15, -0.1) is 0 Å². The number of benzene rings is 2. The lowest BCUT2D eigenvalue weighted by Crippen LogP contribution is -2.53. The van der Waals surface area contributed by atoms with E-state index in [9.17, 15) is 19.5 Å². The number of nitrogens with zero attached hydrogens (tertiary/aromatic N) is 1. The highest BCUT2D eigenvalue weighted by Gasteiger charge is 2.74. The normalized spacial score (nSPS) is 28.7. The Morgan fingerprint density at radius 2 is 1.80 bits per heavy atom. The maximum Gasteiger partial charge on any atom is 0.250 e. The zero-order valence-electron chi connectivity index (χ0n) is 19.2. The van der Waals surface area contributed by atoms with E-state index in [1.165, 1.54) is 4.90 Å². The molecule has 2 aromatic rings. The minimum absolute atomic E-state index is 0.00618. The molecular weight excluding hydrogens is 470 g/mol. The van der Waals surface area contributed by atoms with Crippen molar-refractivity contribution in [2.75, 3.05) is 23.8 Å². The maximum atomic E-state index is 13.8. The highest BCUT2D eigenvalue weighted by molar-refractivity contribution is 6.33. The van der Waals surface area contributed by atoms with Crippen LogP contribution in [0, 0.1) is 11.8 Å². The molecule has 3 aliphatic rings. The summed E-state index contributed by atoms with van der Waals surface area (Å²) in [5, 5.41) is 15.4. The second-order valence-corrected chi connectivity index (χ2v) is 9.75. The Morgan fingerprint density at radius 1 is 1.06 bits per heavy atom. The molecule has 0 saturated carbocycles. The van der Waals surface area contributed by atoms with Crippen molar-refractivity contribution in [1.29, 1.82) is 0 Å². The minimum atomic E-state index is -1.08. The lowest BCUT2D eigenvalue weighted by molar-refractivity contribution is -0.139. The quantitative estimate of drug-likeness (QED) is 0.486. The average Bonchev–Trinajstić information content (AvgIpc) is 3.49. The van der Waals surface area contributed by atoms with E-state index in [0.717, 1.165) is 0 Å². The van der Waals surface area contributed by atoms with E-state index in [0.29, 0.717) is 48.6 Å². The standard InChI is InChI=1S/C26H28ClN3O5/c27-17-10-4-5-11-18(17)29-24(33)22-26-13-12-19(35-26)20(23(32)28-16-8-2-1-3-9-16)21(26)25(34)30(22)14-6-7-15-31/h1-5,8-11,19-22,31H,6-7,12-15H2,(H,28,32)(H,29,33)/t19-,20+,21-,22?,26?/m0/s1. The number of rotatable bonds is 8. The number of para-hydroxylation sites is 2. The minimum Gasteiger partial charge on any atom is -0.396 e. The van der Waals surface area contributed by atoms with E-state index in [-0.39, 0.29) is 24.3 Å². The van der Waals surface area contributed by atoms with Crippen LogP contribution >= 0.6 is 11.6 Å². The van der Waals surface area contributed by atoms with E-state index in [1.807, 2.05) is 18.2 Å². The van der Waals surface area contributed by atoms with Gasteiger partial charge in [0.2, 0.25) is 17.7 Å². The van der Waals surface area contributed by atoms with Crippen molar-refractivity contribution in [1.82, 2.24) is 4.90 Å². The van der Waals surface area contributed by atoms with Crippen LogP contribution in [0.4, 0.5) is 11.4 Å². The number of fused-ring (bicyclic) bond motifs is 1. The van der Waals surface area contributed by atoms with Crippen molar-refractivity contribution in [3.63, 3.8) is 0 Å². The van der Waals surface area contributed by atoms with Gasteiger partial charge in [-0.25, -0.2) is 0 Å². The van der Waals surface area contributed by atoms with Crippen molar-refractivity contribution < 1.29 is 24.2 Å². The van der Waals surface area contributed by atoms with Crippen LogP contribution in [0.5, 0.6) is 0 Å². The summed E-state index contributed by atoms with van der Waals surface area (Å²) in [6.45, 7) is 0.285. The number of carbonyl (C=O) groups excluding carboxylic acids is 3. The van der Waals surface area contributed by atoms with E-state index >= 15 is 0 Å². The number of aliphatic hydroxyl groups is 1. The lowest BCUT2D eigenvalue weighted by Gasteiger charge is -2.33. The second-order valence-electron chi connectivity index (χ2n) is 9.34. The molecule has 0 radical (unpaired) electrons. The zero-order valence-corrected chi connectivity index (χ0v) is 19.9. The number of hydrogen-bond acceptors (Lipinski definition) is 5. The molecule has 3 heterocycles. The molecule has 3 amide bonds. The van der Waals surface area contributed by atoms with Crippen molar-refractivity contribution >= 4 is 40.7 Å². The van der Waals surface area contributed by atoms with E-state index in [2.05, 4.69) is 10.6 Å². The molecule has 0 aliphatic carbocycles. The largest absolute Gasteiger partial charge is 0.396 e. The van der Waals surface area contributed by atoms with Gasteiger partial charge in [-0.1, -0.05) is 41.9 Å². The fraction of sp³-hybridized carbons (Fsp3) is 0.423. The Bertz CT molecular complexity index is 1130. The van der Waals surface area contributed by atoms with E-state index < -0.39 is 29.6 Å². The van der Waals surface area contributed by atoms with Crippen molar-refractivity contribution in [2.45, 2.75) is 43.4 Å². The van der Waals surface area contributed by atoms with Crippen LogP contribution in [0.3, 0.4) is 0 Å². The molecule has 5 atom stereocenters. The van der Waals surface area contributed by atoms with Gasteiger partial charge in [-0.3, -0.25) is 14.4 Å². The van der Waals surface area contributed by atoms with Crippen LogP contribution in [-0.4, -0.2) is 58.6 Å². The summed E-state index contributed by atoms with van der Waals surface area (Å²) in [7, 11) is 0. The summed E-state index contributed by atoms with van der Waals surface area (Å²) in [6, 6.07) is 15.1. The first-order chi connectivity index (χ1) is 17.0. The van der Waals surface area contributed by atoms with Gasteiger partial charge in [0.1, 0.15) is 11.6 Å². The predicted molar refractivity (Wildman–Crippen MR) is 131 cm³/mol. The molecule has 3 saturated heterocycles. The molecule has 5 rings (SSSR count). The first-order valence-electron chi connectivity index (χ1n) is 12.0. The first-order valence-corrected chi connectivity index (χ1v) is 12.3. The summed E-state index contributed by atoms with van der Waals surface area (Å²) in [6.07, 6.45) is 1.72. The molecule has 0 aromatic heterocycles. The summed E-state index contributed by atoms with van der Waals surface area (Å²) in [4.78, 5) is 42.3. The molecule has 2 aromatic carbocycles. The molecule has 8 nitrogen and oxygen atoms in total. The molecule has 184 valence electrons. The van der Waals surface area contributed by atoms with Crippen LogP contribution < -0.4 is 10.6 Å². The van der Waals surface area contributed by atoms with Crippen molar-refractivity contribution in [2.24, 2.45) is 11.8 Å². The lowest BCUT2D eigenvalue weighted by atomic mass is 9.70. The Hall–Kier alpha value is -2.94. The number of unbranched alkanes of at least 4 members (excludes halogenated alkanes) is 1. The first kappa shape index (κ1) is 23.8. The monoisotopic (exact) mass is 497 g/mol. The molecular formula is C26H28ClN3O5. The van der Waals surface area contributed by atoms with Gasteiger partial charge in [0.25, 0.3) is 0 Å². The summed E-state index contributed by atoms with van der Waals surface area (Å²) >= 11 is 6.27. The zero-order chi connectivity index (χ0) is 24.6. The number of anilines is 2. The molecule has 3 N–H and O–H groups in total. The second kappa shape index (κ2) is 9.60. The van der Waals surface area contributed by atoms with Gasteiger partial charge in [-0.05, 0) is 49.9 Å². The third kappa shape index (κ3) is 4.09. The van der Waals surface area contributed by atoms with Crippen LogP contribution in [0.25, 0.3) is 0 Å². The molecule has 1 spiro atoms. The number of likely N-dealkylation sites (tertiary alicyclic amines) is 1. The molecule has 35 heavy (non-hydrogen) atoms. The van der Waals surface area contributed by atoms with Gasteiger partial charge >= 0.3 is 0 Å². The number of ether oxygens (including phenoxy) is 1. The fourth-order valence-corrected chi connectivity index (χ4v) is 6.08. The van der Waals surface area contributed by atoms with E-state index in [1.54, 1.807) is 36.4 Å². The maximum absolute atomic E-state index is 13.8. The van der Waals surface area contributed by atoms with Crippen LogP contribution in [-0.2, 0) is 19.1 Å². The Kier molecular flexibility index (Phi) is 6.53. The van der Waals surface area contributed by atoms with Gasteiger partial charge in [0.15, 0.2) is 0 Å². The number of hydrogen-bond donors (Lipinski definition) is 3. The highest BCUT2D eigenvalue weighted by atomic mass is 35.5. The number of nitrogens with one attached hydrogen (secondary N) is 2. The topological polar surface area (TPSA) is 108 Å². The fourth-order valence-electron chi connectivity index (χ4n) is 5.90. The van der Waals surface area contributed by atoms with Gasteiger partial charge in [0, 0.05) is 18.8 Å². The number of halogens is 1. The van der Waals surface area contributed by atoms with Crippen LogP contribution in [0.2, 0.25) is 5.02 Å². The van der Waals surface area contributed by atoms with Gasteiger partial charge in [-0.2, -0.15) is 0 Å². The molecule has 3 aliphatic heterocycles. The molecule has 9 heteroatoms. The SMILES string of the molecule is O=C(Nc1ccccc1Cl)C1N(CCCCO)C(=O)[C@@H]2[C@H](C(=O)Nc3ccccc3)[C@@H]3CCC12O3. The highest BCUT2D eigenvalue weighted by Crippen LogP contribution is 2.58. The number of amides is 3. The molecule has 2 unspecified atom stereocenters. The average molecular weight is 498 g/mol. The van der Waals surface area contributed by atoms with Gasteiger partial charge < -0.3 is 25.4 Å². The smallest absolute Gasteiger partial charge is 0.250 e. The summed E-state index contributed by atoms with van der Waals surface area (Å²) in [5.41, 5.74) is 0.0191. The van der Waals surface area contributed by atoms with Crippen molar-refractivity contribution in [3.05, 3.63) is 59.6 Å². The van der Waals surface area contributed by atoms with Crippen LogP contribution in [0.1, 0.15) is 25.7 Å². The van der Waals surface area contributed by atoms with Crippen molar-refractivity contribution in [3.8, 4) is 0 Å². The Balaban J connectivity index is 1.46. The number of carbonyl (C=O) groups is 3. The Labute approximate surface area is 208 Å². The third-order valence-corrected chi connectivity index (χ3v) is 7.66. The summed E-state index contributed by atoms with van der Waals surface area (Å²) < 4.78 is 6.40. The number of aliphatic hydroxyl groups excluding tert-OH is 1. The van der Waals surface area contributed by atoms with E-state index in [4.69, 9.17) is 16.3 Å². The summed E-state index contributed by atoms with van der Waals surface area (Å²) in [5.74, 6) is -2.35. The predicted octanol–water partition coefficient (Wildman–Crippen LogP) is 3.06. The Morgan fingerprint density at radius 3 is 2.54 bits per heavy atom.